The Hall–Kier alpha value is -1.01. The molecule has 1 saturated heterocycles. The number of aliphatic carboxylic acids is 1. The maximum absolute atomic E-state index is 10.2. The van der Waals surface area contributed by atoms with Crippen LogP contribution in [0.15, 0.2) is 0 Å². The Labute approximate surface area is 85.1 Å². The molecule has 0 amide bonds. The van der Waals surface area contributed by atoms with Crippen LogP contribution < -0.4 is 0 Å². The number of carbonyl (C=O) groups is 1. The third-order valence-electron chi connectivity index (χ3n) is 2.64. The van der Waals surface area contributed by atoms with Gasteiger partial charge in [-0.1, -0.05) is 12.8 Å². The number of carboxylic acids is 1. The molecule has 14 heavy (non-hydrogen) atoms. The van der Waals surface area contributed by atoms with E-state index in [2.05, 4.69) is 23.7 Å². The van der Waals surface area contributed by atoms with E-state index in [1.54, 1.807) is 0 Å². The zero-order valence-corrected chi connectivity index (χ0v) is 8.62. The predicted octanol–water partition coefficient (Wildman–Crippen LogP) is 1.20. The summed E-state index contributed by atoms with van der Waals surface area (Å²) >= 11 is 0. The fourth-order valence-corrected chi connectivity index (χ4v) is 1.88. The highest BCUT2D eigenvalue weighted by Crippen LogP contribution is 2.18. The zero-order chi connectivity index (χ0) is 10.4. The Morgan fingerprint density at radius 3 is 3.07 bits per heavy atom. The van der Waals surface area contributed by atoms with Gasteiger partial charge in [-0.2, -0.15) is 0 Å². The van der Waals surface area contributed by atoms with Gasteiger partial charge in [-0.3, -0.25) is 0 Å². The van der Waals surface area contributed by atoms with Crippen molar-refractivity contribution in [3.05, 3.63) is 0 Å². The van der Waals surface area contributed by atoms with Crippen molar-refractivity contribution >= 4 is 5.97 Å². The molecule has 1 heterocycles. The van der Waals surface area contributed by atoms with Crippen LogP contribution in [-0.4, -0.2) is 35.6 Å². The van der Waals surface area contributed by atoms with Gasteiger partial charge in [0.15, 0.2) is 0 Å². The molecule has 3 heteroatoms. The Bertz CT molecular complexity index is 252. The summed E-state index contributed by atoms with van der Waals surface area (Å²) in [7, 11) is 0. The van der Waals surface area contributed by atoms with Gasteiger partial charge in [0.2, 0.25) is 0 Å². The van der Waals surface area contributed by atoms with Crippen LogP contribution in [0, 0.1) is 17.8 Å². The molecular formula is C11H17NO2. The number of hydrogen-bond acceptors (Lipinski definition) is 2. The quantitative estimate of drug-likeness (QED) is 0.673. The Kier molecular flexibility index (Phi) is 4.48. The van der Waals surface area contributed by atoms with Gasteiger partial charge < -0.3 is 10.0 Å². The van der Waals surface area contributed by atoms with Crippen molar-refractivity contribution in [2.24, 2.45) is 5.92 Å². The number of carboxylic acid groups (broad SMARTS) is 1. The molecule has 0 radical (unpaired) electrons. The summed E-state index contributed by atoms with van der Waals surface area (Å²) in [5.74, 6) is 4.44. The Balaban J connectivity index is 2.31. The highest BCUT2D eigenvalue weighted by Gasteiger charge is 2.17. The van der Waals surface area contributed by atoms with Crippen LogP contribution in [0.1, 0.15) is 26.2 Å². The summed E-state index contributed by atoms with van der Waals surface area (Å²) in [6, 6.07) is 0. The van der Waals surface area contributed by atoms with E-state index in [0.29, 0.717) is 5.92 Å². The number of piperidine rings is 1. The lowest BCUT2D eigenvalue weighted by Gasteiger charge is -2.30. The second kappa shape index (κ2) is 5.66. The van der Waals surface area contributed by atoms with E-state index < -0.39 is 5.97 Å². The van der Waals surface area contributed by atoms with Crippen LogP contribution in [0.3, 0.4) is 0 Å². The highest BCUT2D eigenvalue weighted by molar-refractivity contribution is 5.86. The molecule has 1 aliphatic heterocycles. The second-order valence-electron chi connectivity index (χ2n) is 3.71. The molecule has 78 valence electrons. The van der Waals surface area contributed by atoms with Gasteiger partial charge in [-0.15, -0.1) is 0 Å². The van der Waals surface area contributed by atoms with Gasteiger partial charge in [-0.05, 0) is 31.8 Å². The van der Waals surface area contributed by atoms with E-state index >= 15 is 0 Å². The molecule has 1 aliphatic rings. The fourth-order valence-electron chi connectivity index (χ4n) is 1.88. The van der Waals surface area contributed by atoms with Crippen LogP contribution in [-0.2, 0) is 4.79 Å². The van der Waals surface area contributed by atoms with Crippen molar-refractivity contribution in [3.8, 4) is 11.8 Å². The molecule has 0 aromatic heterocycles. The molecule has 1 rings (SSSR count). The van der Waals surface area contributed by atoms with Crippen molar-refractivity contribution in [2.45, 2.75) is 26.2 Å². The van der Waals surface area contributed by atoms with Crippen molar-refractivity contribution in [3.63, 3.8) is 0 Å². The molecule has 0 saturated carbocycles. The SMILES string of the molecule is CCN1CCCC(CC#CC(=O)O)C1. The number of nitrogens with zero attached hydrogens (tertiary/aromatic N) is 1. The smallest absolute Gasteiger partial charge is 0.381 e. The normalized spacial score (nSPS) is 22.5. The van der Waals surface area contributed by atoms with Crippen molar-refractivity contribution in [2.75, 3.05) is 19.6 Å². The Morgan fingerprint density at radius 1 is 1.64 bits per heavy atom. The van der Waals surface area contributed by atoms with Gasteiger partial charge in [0.25, 0.3) is 0 Å². The van der Waals surface area contributed by atoms with Gasteiger partial charge >= 0.3 is 5.97 Å². The van der Waals surface area contributed by atoms with Gasteiger partial charge in [0.1, 0.15) is 0 Å². The van der Waals surface area contributed by atoms with Gasteiger partial charge in [0, 0.05) is 18.9 Å². The molecule has 0 aromatic rings. The average molecular weight is 195 g/mol. The molecule has 1 N–H and O–H groups in total. The van der Waals surface area contributed by atoms with Crippen LogP contribution in [0.2, 0.25) is 0 Å². The van der Waals surface area contributed by atoms with E-state index in [1.165, 1.54) is 19.4 Å². The minimum atomic E-state index is -1.02. The molecule has 0 bridgehead atoms. The fraction of sp³-hybridized carbons (Fsp3) is 0.727. The number of hydrogen-bond donors (Lipinski definition) is 1. The predicted molar refractivity (Wildman–Crippen MR) is 54.9 cm³/mol. The van der Waals surface area contributed by atoms with Crippen LogP contribution in [0.4, 0.5) is 0 Å². The molecule has 1 fully saturated rings. The Morgan fingerprint density at radius 2 is 2.43 bits per heavy atom. The maximum atomic E-state index is 10.2. The van der Waals surface area contributed by atoms with Crippen LogP contribution >= 0.6 is 0 Å². The van der Waals surface area contributed by atoms with Crippen molar-refractivity contribution in [1.82, 2.24) is 4.90 Å². The molecule has 1 unspecified atom stereocenters. The first kappa shape index (κ1) is 11.1. The average Bonchev–Trinajstić information content (AvgIpc) is 2.18. The molecule has 1 atom stereocenters. The third-order valence-corrected chi connectivity index (χ3v) is 2.64. The first-order valence-corrected chi connectivity index (χ1v) is 5.16. The summed E-state index contributed by atoms with van der Waals surface area (Å²) in [4.78, 5) is 12.6. The summed E-state index contributed by atoms with van der Waals surface area (Å²) in [5, 5.41) is 8.36. The molecular weight excluding hydrogens is 178 g/mol. The first-order chi connectivity index (χ1) is 6.72. The largest absolute Gasteiger partial charge is 0.472 e. The minimum absolute atomic E-state index is 0.565. The van der Waals surface area contributed by atoms with Gasteiger partial charge in [-0.25, -0.2) is 4.79 Å². The molecule has 3 nitrogen and oxygen atoms in total. The lowest BCUT2D eigenvalue weighted by molar-refractivity contribution is -0.130. The monoisotopic (exact) mass is 195 g/mol. The lowest BCUT2D eigenvalue weighted by atomic mass is 9.95. The van der Waals surface area contributed by atoms with Crippen molar-refractivity contribution < 1.29 is 9.90 Å². The maximum Gasteiger partial charge on any atom is 0.381 e. The zero-order valence-electron chi connectivity index (χ0n) is 8.62. The molecule has 0 aliphatic carbocycles. The van der Waals surface area contributed by atoms with Crippen LogP contribution in [0.5, 0.6) is 0 Å². The lowest BCUT2D eigenvalue weighted by Crippen LogP contribution is -2.34. The van der Waals surface area contributed by atoms with Crippen molar-refractivity contribution in [1.29, 1.82) is 0 Å². The van der Waals surface area contributed by atoms with E-state index in [4.69, 9.17) is 5.11 Å². The third kappa shape index (κ3) is 3.80. The summed E-state index contributed by atoms with van der Waals surface area (Å²) < 4.78 is 0. The second-order valence-corrected chi connectivity index (χ2v) is 3.71. The summed E-state index contributed by atoms with van der Waals surface area (Å²) in [6.45, 7) is 5.50. The van der Waals surface area contributed by atoms with Crippen LogP contribution in [0.25, 0.3) is 0 Å². The van der Waals surface area contributed by atoms with E-state index in [-0.39, 0.29) is 0 Å². The number of rotatable bonds is 2. The summed E-state index contributed by atoms with van der Waals surface area (Å²) in [5.41, 5.74) is 0. The molecule has 0 spiro atoms. The highest BCUT2D eigenvalue weighted by atomic mass is 16.4. The molecule has 0 aromatic carbocycles. The van der Waals surface area contributed by atoms with E-state index in [9.17, 15) is 4.79 Å². The van der Waals surface area contributed by atoms with Gasteiger partial charge in [0.05, 0.1) is 0 Å². The minimum Gasteiger partial charge on any atom is -0.472 e. The first-order valence-electron chi connectivity index (χ1n) is 5.16. The number of likely N-dealkylation sites (tertiary alicyclic amines) is 1. The summed E-state index contributed by atoms with van der Waals surface area (Å²) in [6.07, 6.45) is 3.13. The van der Waals surface area contributed by atoms with E-state index in [0.717, 1.165) is 19.5 Å². The topological polar surface area (TPSA) is 40.5 Å². The standard InChI is InChI=1S/C11H17NO2/c1-2-12-8-4-6-10(9-12)5-3-7-11(13)14/h10H,2,4-6,8-9H2,1H3,(H,13,14). The van der Waals surface area contributed by atoms with E-state index in [1.807, 2.05) is 0 Å².